The molecule has 0 aliphatic heterocycles. The Hall–Kier alpha value is -2.60. The number of nitrogens with zero attached hydrogens (tertiary/aromatic N) is 3. The highest BCUT2D eigenvalue weighted by Gasteiger charge is 2.16. The van der Waals surface area contributed by atoms with E-state index in [9.17, 15) is 4.79 Å². The second-order valence-electron chi connectivity index (χ2n) is 6.70. The van der Waals surface area contributed by atoms with Gasteiger partial charge in [0.1, 0.15) is 5.82 Å². The molecule has 2 aromatic carbocycles. The first-order chi connectivity index (χ1) is 13.7. The van der Waals surface area contributed by atoms with Crippen molar-refractivity contribution in [1.29, 1.82) is 0 Å². The molecule has 1 heterocycles. The molecule has 1 N–H and O–H groups in total. The molecule has 0 atom stereocenters. The molecule has 28 heavy (non-hydrogen) atoms. The number of aromatic nitrogens is 3. The van der Waals surface area contributed by atoms with E-state index < -0.39 is 0 Å². The third kappa shape index (κ3) is 5.45. The van der Waals surface area contributed by atoms with Crippen molar-refractivity contribution in [3.63, 3.8) is 0 Å². The lowest BCUT2D eigenvalue weighted by molar-refractivity contribution is -0.118. The summed E-state index contributed by atoms with van der Waals surface area (Å²) in [7, 11) is 0. The molecule has 0 bridgehead atoms. The van der Waals surface area contributed by atoms with Crippen LogP contribution < -0.4 is 5.32 Å². The molecule has 0 saturated carbocycles. The first-order valence-corrected chi connectivity index (χ1v) is 10.6. The summed E-state index contributed by atoms with van der Waals surface area (Å²) in [6.07, 6.45) is 2.61. The zero-order valence-corrected chi connectivity index (χ0v) is 17.2. The van der Waals surface area contributed by atoms with Crippen molar-refractivity contribution < 1.29 is 4.79 Å². The van der Waals surface area contributed by atoms with Crippen molar-refractivity contribution in [2.24, 2.45) is 0 Å². The van der Waals surface area contributed by atoms with Crippen LogP contribution >= 0.6 is 11.8 Å². The molecule has 6 heteroatoms. The van der Waals surface area contributed by atoms with Gasteiger partial charge in [0.25, 0.3) is 0 Å². The van der Waals surface area contributed by atoms with Crippen LogP contribution in [0.25, 0.3) is 5.69 Å². The highest BCUT2D eigenvalue weighted by atomic mass is 32.2. The monoisotopic (exact) mass is 394 g/mol. The van der Waals surface area contributed by atoms with Gasteiger partial charge in [-0.15, -0.1) is 10.2 Å². The topological polar surface area (TPSA) is 59.8 Å². The largest absolute Gasteiger partial charge is 0.355 e. The van der Waals surface area contributed by atoms with Crippen LogP contribution in [0.3, 0.4) is 0 Å². The first-order valence-electron chi connectivity index (χ1n) is 9.62. The van der Waals surface area contributed by atoms with Crippen LogP contribution in [0.1, 0.15) is 30.3 Å². The summed E-state index contributed by atoms with van der Waals surface area (Å²) in [4.78, 5) is 12.0. The summed E-state index contributed by atoms with van der Waals surface area (Å²) < 4.78 is 2.08. The Morgan fingerprint density at radius 2 is 1.89 bits per heavy atom. The normalized spacial score (nSPS) is 10.8. The Morgan fingerprint density at radius 3 is 2.64 bits per heavy atom. The lowest BCUT2D eigenvalue weighted by atomic mass is 10.1. The van der Waals surface area contributed by atoms with Gasteiger partial charge in [-0.05, 0) is 43.0 Å². The predicted molar refractivity (Wildman–Crippen MR) is 114 cm³/mol. The van der Waals surface area contributed by atoms with Gasteiger partial charge in [-0.25, -0.2) is 0 Å². The van der Waals surface area contributed by atoms with Gasteiger partial charge < -0.3 is 5.32 Å². The van der Waals surface area contributed by atoms with Crippen LogP contribution in [-0.4, -0.2) is 33.0 Å². The molecule has 0 saturated heterocycles. The van der Waals surface area contributed by atoms with Crippen LogP contribution in [0.4, 0.5) is 0 Å². The van der Waals surface area contributed by atoms with E-state index in [1.54, 1.807) is 0 Å². The fraction of sp³-hybridized carbons (Fsp3) is 0.318. The average molecular weight is 395 g/mol. The van der Waals surface area contributed by atoms with Crippen molar-refractivity contribution in [3.8, 4) is 5.69 Å². The molecule has 0 aliphatic carbocycles. The lowest BCUT2D eigenvalue weighted by Gasteiger charge is -2.11. The number of hydrogen-bond acceptors (Lipinski definition) is 4. The van der Waals surface area contributed by atoms with E-state index in [1.807, 2.05) is 19.1 Å². The number of nitrogens with one attached hydrogen (secondary N) is 1. The van der Waals surface area contributed by atoms with E-state index in [4.69, 9.17) is 0 Å². The summed E-state index contributed by atoms with van der Waals surface area (Å²) >= 11 is 1.43. The summed E-state index contributed by atoms with van der Waals surface area (Å²) in [5, 5.41) is 12.5. The lowest BCUT2D eigenvalue weighted by Crippen LogP contribution is -2.25. The third-order valence-electron chi connectivity index (χ3n) is 4.34. The molecule has 0 unspecified atom stereocenters. The van der Waals surface area contributed by atoms with Crippen LogP contribution in [0.15, 0.2) is 59.8 Å². The van der Waals surface area contributed by atoms with Gasteiger partial charge in [0.05, 0.1) is 5.75 Å². The molecule has 3 aromatic rings. The van der Waals surface area contributed by atoms with Gasteiger partial charge in [-0.3, -0.25) is 9.36 Å². The fourth-order valence-corrected chi connectivity index (χ4v) is 3.73. The number of thioether (sulfide) groups is 1. The molecule has 0 fully saturated rings. The van der Waals surface area contributed by atoms with Gasteiger partial charge >= 0.3 is 0 Å². The Bertz CT molecular complexity index is 908. The minimum Gasteiger partial charge on any atom is -0.355 e. The molecule has 1 aromatic heterocycles. The number of amides is 1. The molecular formula is C22H26N4OS. The predicted octanol–water partition coefficient (Wildman–Crippen LogP) is 3.98. The van der Waals surface area contributed by atoms with E-state index in [1.165, 1.54) is 22.9 Å². The van der Waals surface area contributed by atoms with Crippen LogP contribution in [-0.2, 0) is 17.6 Å². The maximum absolute atomic E-state index is 12.0. The van der Waals surface area contributed by atoms with E-state index >= 15 is 0 Å². The number of aryl methyl sites for hydroxylation is 3. The summed E-state index contributed by atoms with van der Waals surface area (Å²) in [5.74, 6) is 1.27. The molecule has 1 amide bonds. The van der Waals surface area contributed by atoms with Gasteiger partial charge in [-0.2, -0.15) is 0 Å². The number of hydrogen-bond donors (Lipinski definition) is 1. The molecule has 0 radical (unpaired) electrons. The zero-order valence-electron chi connectivity index (χ0n) is 16.4. The smallest absolute Gasteiger partial charge is 0.230 e. The van der Waals surface area contributed by atoms with Crippen LogP contribution in [0.2, 0.25) is 0 Å². The molecule has 146 valence electrons. The van der Waals surface area contributed by atoms with Crippen molar-refractivity contribution in [2.45, 2.75) is 38.3 Å². The number of rotatable bonds is 9. The minimum absolute atomic E-state index is 0.0245. The number of benzene rings is 2. The van der Waals surface area contributed by atoms with E-state index in [2.05, 4.69) is 69.5 Å². The second kappa shape index (κ2) is 10.1. The zero-order chi connectivity index (χ0) is 19.8. The Labute approximate surface area is 170 Å². The molecule has 0 aliphatic rings. The van der Waals surface area contributed by atoms with Gasteiger partial charge in [-0.1, -0.05) is 61.2 Å². The first kappa shape index (κ1) is 20.1. The highest BCUT2D eigenvalue weighted by molar-refractivity contribution is 7.99. The molecule has 0 spiro atoms. The van der Waals surface area contributed by atoms with Crippen molar-refractivity contribution in [3.05, 3.63) is 71.5 Å². The maximum Gasteiger partial charge on any atom is 0.230 e. The molecule has 3 rings (SSSR count). The summed E-state index contributed by atoms with van der Waals surface area (Å²) in [5.41, 5.74) is 3.48. The van der Waals surface area contributed by atoms with E-state index in [0.717, 1.165) is 35.9 Å². The number of carbonyl (C=O) groups is 1. The standard InChI is InChI=1S/C22H26N4OS/c1-3-14-23-21(27)16-28-22-25-24-20(13-12-18-9-5-4-6-10-18)26(22)19-11-7-8-17(2)15-19/h4-11,15H,3,12-14,16H2,1-2H3,(H,23,27). The number of carbonyl (C=O) groups excluding carboxylic acids is 1. The average Bonchev–Trinajstić information content (AvgIpc) is 3.12. The fourth-order valence-electron chi connectivity index (χ4n) is 2.93. The van der Waals surface area contributed by atoms with E-state index in [0.29, 0.717) is 12.3 Å². The van der Waals surface area contributed by atoms with Crippen molar-refractivity contribution >= 4 is 17.7 Å². The van der Waals surface area contributed by atoms with Crippen LogP contribution in [0, 0.1) is 6.92 Å². The SMILES string of the molecule is CCCNC(=O)CSc1nnc(CCc2ccccc2)n1-c1cccc(C)c1. The van der Waals surface area contributed by atoms with Crippen molar-refractivity contribution in [2.75, 3.05) is 12.3 Å². The Morgan fingerprint density at radius 1 is 1.07 bits per heavy atom. The molecular weight excluding hydrogens is 368 g/mol. The van der Waals surface area contributed by atoms with Gasteiger partial charge in [0.15, 0.2) is 5.16 Å². The van der Waals surface area contributed by atoms with Gasteiger partial charge in [0.2, 0.25) is 5.91 Å². The highest BCUT2D eigenvalue weighted by Crippen LogP contribution is 2.23. The quantitative estimate of drug-likeness (QED) is 0.558. The maximum atomic E-state index is 12.0. The van der Waals surface area contributed by atoms with Gasteiger partial charge in [0, 0.05) is 18.7 Å². The third-order valence-corrected chi connectivity index (χ3v) is 5.27. The Balaban J connectivity index is 1.81. The molecule has 5 nitrogen and oxygen atoms in total. The van der Waals surface area contributed by atoms with E-state index in [-0.39, 0.29) is 5.91 Å². The summed E-state index contributed by atoms with van der Waals surface area (Å²) in [6, 6.07) is 18.7. The van der Waals surface area contributed by atoms with Crippen molar-refractivity contribution in [1.82, 2.24) is 20.1 Å². The second-order valence-corrected chi connectivity index (χ2v) is 7.64. The minimum atomic E-state index is 0.0245. The van der Waals surface area contributed by atoms with Crippen LogP contribution in [0.5, 0.6) is 0 Å². The Kier molecular flexibility index (Phi) is 7.25. The summed E-state index contributed by atoms with van der Waals surface area (Å²) in [6.45, 7) is 4.82.